The van der Waals surface area contributed by atoms with Gasteiger partial charge in [0.25, 0.3) is 0 Å². The van der Waals surface area contributed by atoms with Crippen LogP contribution in [0.15, 0.2) is 66.7 Å². The number of fused-ring (bicyclic) bond motifs is 1. The maximum atomic E-state index is 12.4. The van der Waals surface area contributed by atoms with Crippen molar-refractivity contribution in [2.75, 3.05) is 26.3 Å². The van der Waals surface area contributed by atoms with Gasteiger partial charge in [0.05, 0.1) is 18.3 Å². The van der Waals surface area contributed by atoms with Crippen LogP contribution < -0.4 is 0 Å². The van der Waals surface area contributed by atoms with E-state index >= 15 is 0 Å². The zero-order valence-corrected chi connectivity index (χ0v) is 20.7. The average Bonchev–Trinajstić information content (AvgIpc) is 3.05. The van der Waals surface area contributed by atoms with E-state index in [0.29, 0.717) is 22.9 Å². The lowest BCUT2D eigenvalue weighted by molar-refractivity contribution is 0.0968. The number of likely N-dealkylation sites (tertiary alicyclic amines) is 1. The molecule has 0 aromatic heterocycles. The van der Waals surface area contributed by atoms with Crippen LogP contribution in [0.5, 0.6) is 0 Å². The number of allylic oxidation sites excluding steroid dienone is 1. The Kier molecular flexibility index (Phi) is 7.32. The number of nitrogens with zero attached hydrogens (tertiary/aromatic N) is 2. The molecule has 0 N–H and O–H groups in total. The third-order valence-corrected chi connectivity index (χ3v) is 7.53. The van der Waals surface area contributed by atoms with E-state index in [9.17, 15) is 9.65 Å². The van der Waals surface area contributed by atoms with Gasteiger partial charge in [-0.3, -0.25) is 4.39 Å². The predicted molar refractivity (Wildman–Crippen MR) is 142 cm³/mol. The van der Waals surface area contributed by atoms with Gasteiger partial charge in [-0.15, -0.1) is 0 Å². The number of alkyl halides is 1. The number of aryl methyl sites for hydroxylation is 1. The number of nitriles is 1. The minimum atomic E-state index is -0.227. The van der Waals surface area contributed by atoms with Gasteiger partial charge in [-0.25, -0.2) is 0 Å². The number of hydrogen-bond acceptors (Lipinski definition) is 2. The first-order valence-corrected chi connectivity index (χ1v) is 12.9. The molecule has 5 rings (SSSR count). The second kappa shape index (κ2) is 10.8. The van der Waals surface area contributed by atoms with Gasteiger partial charge in [0, 0.05) is 24.7 Å². The van der Waals surface area contributed by atoms with Crippen molar-refractivity contribution >= 4 is 22.7 Å². The van der Waals surface area contributed by atoms with Crippen LogP contribution in [0.2, 0.25) is 5.02 Å². The van der Waals surface area contributed by atoms with Crippen molar-refractivity contribution < 1.29 is 4.39 Å². The number of benzene rings is 3. The molecule has 3 aromatic rings. The topological polar surface area (TPSA) is 27.0 Å². The molecule has 0 unspecified atom stereocenters. The van der Waals surface area contributed by atoms with Crippen LogP contribution in [0.1, 0.15) is 52.6 Å². The first-order valence-electron chi connectivity index (χ1n) is 12.6. The van der Waals surface area contributed by atoms with Gasteiger partial charge in [0.1, 0.15) is 0 Å². The Balaban J connectivity index is 1.49. The minimum Gasteiger partial charge on any atom is -0.303 e. The maximum Gasteiger partial charge on any atom is 0.0998 e. The van der Waals surface area contributed by atoms with Gasteiger partial charge in [0.2, 0.25) is 0 Å². The Morgan fingerprint density at radius 1 is 0.971 bits per heavy atom. The molecule has 1 saturated heterocycles. The molecule has 35 heavy (non-hydrogen) atoms. The molecule has 0 spiro atoms. The second-order valence-corrected chi connectivity index (χ2v) is 10.2. The lowest BCUT2D eigenvalue weighted by atomic mass is 9.85. The molecule has 0 amide bonds. The van der Waals surface area contributed by atoms with Crippen molar-refractivity contribution in [3.05, 3.63) is 105 Å². The van der Waals surface area contributed by atoms with Crippen molar-refractivity contribution in [3.8, 4) is 6.07 Å². The van der Waals surface area contributed by atoms with Gasteiger partial charge in [-0.1, -0.05) is 66.2 Å². The van der Waals surface area contributed by atoms with E-state index in [4.69, 9.17) is 11.6 Å². The summed E-state index contributed by atoms with van der Waals surface area (Å²) < 4.78 is 12.4. The normalized spacial score (nSPS) is 16.4. The van der Waals surface area contributed by atoms with Crippen LogP contribution >= 0.6 is 11.6 Å². The fourth-order valence-corrected chi connectivity index (χ4v) is 5.78. The van der Waals surface area contributed by atoms with Crippen LogP contribution in [0.3, 0.4) is 0 Å². The zero-order chi connectivity index (χ0) is 24.2. The lowest BCUT2D eigenvalue weighted by Crippen LogP contribution is -2.47. The molecule has 0 bridgehead atoms. The molecule has 0 radical (unpaired) electrons. The molecule has 2 aliphatic rings. The van der Waals surface area contributed by atoms with Gasteiger partial charge in [-0.05, 0) is 89.1 Å². The molecular formula is C31H30ClFN2. The van der Waals surface area contributed by atoms with Crippen molar-refractivity contribution in [2.45, 2.75) is 32.1 Å². The third kappa shape index (κ3) is 5.20. The molecular weight excluding hydrogens is 455 g/mol. The van der Waals surface area contributed by atoms with Crippen molar-refractivity contribution in [3.63, 3.8) is 0 Å². The van der Waals surface area contributed by atoms with Gasteiger partial charge in [-0.2, -0.15) is 5.26 Å². The highest BCUT2D eigenvalue weighted by Gasteiger charge is 2.26. The summed E-state index contributed by atoms with van der Waals surface area (Å²) >= 11 is 6.22. The molecule has 3 aromatic carbocycles. The fourth-order valence-electron chi connectivity index (χ4n) is 5.61. The van der Waals surface area contributed by atoms with E-state index in [0.717, 1.165) is 50.9 Å². The standard InChI is InChI=1S/C31H30ClFN2/c32-27-13-14-28(26(18-27)19-34)30-8-3-6-24-5-1-2-7-29(24)31(30)25-11-9-22(10-12-25)17-23-20-35(21-23)16-4-15-33/h1-2,5,7,9-14,18,23H,3-4,6,8,15-17,20-21H2. The summed E-state index contributed by atoms with van der Waals surface area (Å²) in [5, 5.41) is 10.4. The SMILES string of the molecule is N#Cc1cc(Cl)ccc1C1=C(c2ccc(CC3CN(CCCF)C3)cc2)c2ccccc2CCC1. The molecule has 0 saturated carbocycles. The third-order valence-electron chi connectivity index (χ3n) is 7.30. The first kappa shape index (κ1) is 23.8. The van der Waals surface area contributed by atoms with E-state index in [-0.39, 0.29) is 6.67 Å². The highest BCUT2D eigenvalue weighted by atomic mass is 35.5. The monoisotopic (exact) mass is 484 g/mol. The Bertz CT molecular complexity index is 1270. The molecule has 1 fully saturated rings. The summed E-state index contributed by atoms with van der Waals surface area (Å²) in [5.41, 5.74) is 9.21. The Labute approximate surface area is 212 Å². The summed E-state index contributed by atoms with van der Waals surface area (Å²) in [6, 6.07) is 25.7. The minimum absolute atomic E-state index is 0.227. The number of rotatable bonds is 7. The van der Waals surface area contributed by atoms with Gasteiger partial charge < -0.3 is 4.90 Å². The van der Waals surface area contributed by atoms with E-state index in [1.54, 1.807) is 6.07 Å². The zero-order valence-electron chi connectivity index (χ0n) is 19.9. The van der Waals surface area contributed by atoms with E-state index in [1.807, 2.05) is 12.1 Å². The van der Waals surface area contributed by atoms with Crippen LogP contribution in [-0.2, 0) is 12.8 Å². The molecule has 1 aliphatic heterocycles. The van der Waals surface area contributed by atoms with Crippen molar-refractivity contribution in [2.24, 2.45) is 5.92 Å². The van der Waals surface area contributed by atoms with Crippen LogP contribution in [0, 0.1) is 17.2 Å². The van der Waals surface area contributed by atoms with E-state index in [2.05, 4.69) is 59.5 Å². The first-order chi connectivity index (χ1) is 17.2. The smallest absolute Gasteiger partial charge is 0.0998 e. The molecule has 1 aliphatic carbocycles. The van der Waals surface area contributed by atoms with Crippen LogP contribution in [0.4, 0.5) is 4.39 Å². The van der Waals surface area contributed by atoms with Gasteiger partial charge >= 0.3 is 0 Å². The molecule has 178 valence electrons. The summed E-state index contributed by atoms with van der Waals surface area (Å²) in [7, 11) is 0. The van der Waals surface area contributed by atoms with Crippen molar-refractivity contribution in [1.29, 1.82) is 5.26 Å². The predicted octanol–water partition coefficient (Wildman–Crippen LogP) is 7.34. The molecule has 2 nitrogen and oxygen atoms in total. The lowest BCUT2D eigenvalue weighted by Gasteiger charge is -2.39. The highest BCUT2D eigenvalue weighted by Crippen LogP contribution is 2.41. The largest absolute Gasteiger partial charge is 0.303 e. The van der Waals surface area contributed by atoms with Crippen LogP contribution in [-0.4, -0.2) is 31.2 Å². The number of hydrogen-bond donors (Lipinski definition) is 0. The summed E-state index contributed by atoms with van der Waals surface area (Å²) in [6.07, 6.45) is 4.68. The Morgan fingerprint density at radius 2 is 1.77 bits per heavy atom. The summed E-state index contributed by atoms with van der Waals surface area (Å²) in [5.74, 6) is 0.654. The molecule has 4 heteroatoms. The quantitative estimate of drug-likeness (QED) is 0.350. The number of halogens is 2. The van der Waals surface area contributed by atoms with Crippen molar-refractivity contribution in [1.82, 2.24) is 4.90 Å². The second-order valence-electron chi connectivity index (χ2n) is 9.74. The Morgan fingerprint density at radius 3 is 2.54 bits per heavy atom. The summed E-state index contributed by atoms with van der Waals surface area (Å²) in [6.45, 7) is 2.78. The van der Waals surface area contributed by atoms with Crippen LogP contribution in [0.25, 0.3) is 11.1 Å². The molecule has 1 heterocycles. The van der Waals surface area contributed by atoms with Gasteiger partial charge in [0.15, 0.2) is 0 Å². The highest BCUT2D eigenvalue weighted by molar-refractivity contribution is 6.30. The Hall–Kier alpha value is -2.93. The average molecular weight is 485 g/mol. The van der Waals surface area contributed by atoms with E-state index < -0.39 is 0 Å². The fraction of sp³-hybridized carbons (Fsp3) is 0.323. The molecule has 0 atom stereocenters. The summed E-state index contributed by atoms with van der Waals surface area (Å²) in [4.78, 5) is 2.34. The van der Waals surface area contributed by atoms with E-state index in [1.165, 1.54) is 33.4 Å². The maximum absolute atomic E-state index is 12.4.